The van der Waals surface area contributed by atoms with Crippen LogP contribution in [0.4, 0.5) is 5.82 Å². The second-order valence-electron chi connectivity index (χ2n) is 6.05. The molecule has 1 amide bonds. The van der Waals surface area contributed by atoms with E-state index in [0.717, 1.165) is 11.4 Å². The van der Waals surface area contributed by atoms with Crippen LogP contribution in [-0.2, 0) is 10.5 Å². The molecule has 0 radical (unpaired) electrons. The summed E-state index contributed by atoms with van der Waals surface area (Å²) in [5.41, 5.74) is 1.67. The van der Waals surface area contributed by atoms with Gasteiger partial charge in [0, 0.05) is 44.1 Å². The molecule has 0 saturated heterocycles. The molecule has 29 heavy (non-hydrogen) atoms. The molecule has 1 aromatic heterocycles. The quantitative estimate of drug-likeness (QED) is 0.180. The van der Waals surface area contributed by atoms with Crippen LogP contribution in [0, 0.1) is 0 Å². The Hall–Kier alpha value is -2.35. The highest BCUT2D eigenvalue weighted by atomic mass is 35.5. The van der Waals surface area contributed by atoms with Crippen molar-refractivity contribution in [2.75, 3.05) is 38.3 Å². The minimum Gasteiger partial charge on any atom is -0.383 e. The number of ether oxygens (including phenoxy) is 1. The average molecular weight is 433 g/mol. The zero-order valence-electron chi connectivity index (χ0n) is 16.4. The lowest BCUT2D eigenvalue weighted by atomic mass is 10.1. The van der Waals surface area contributed by atoms with Gasteiger partial charge in [0.2, 0.25) is 0 Å². The maximum Gasteiger partial charge on any atom is 0.251 e. The van der Waals surface area contributed by atoms with Gasteiger partial charge in [-0.25, -0.2) is 9.97 Å². The molecule has 1 aromatic carbocycles. The molecule has 0 spiro atoms. The van der Waals surface area contributed by atoms with Gasteiger partial charge in [-0.2, -0.15) is 0 Å². The lowest BCUT2D eigenvalue weighted by Crippen LogP contribution is -2.26. The zero-order valence-corrected chi connectivity index (χ0v) is 18.0. The Labute approximate surface area is 181 Å². The molecule has 0 unspecified atom stereocenters. The number of nitrogens with one attached hydrogen (secondary N) is 1. The maximum atomic E-state index is 12.0. The predicted molar refractivity (Wildman–Crippen MR) is 120 cm³/mol. The number of nitrogens with zero attached hydrogens (tertiary/aromatic N) is 3. The van der Waals surface area contributed by atoms with E-state index in [0.29, 0.717) is 47.9 Å². The van der Waals surface area contributed by atoms with Crippen molar-refractivity contribution >= 4 is 35.1 Å². The van der Waals surface area contributed by atoms with E-state index >= 15 is 0 Å². The molecule has 1 heterocycles. The van der Waals surface area contributed by atoms with Gasteiger partial charge >= 0.3 is 0 Å². The number of rotatable bonds is 12. The fourth-order valence-electron chi connectivity index (χ4n) is 2.45. The van der Waals surface area contributed by atoms with Crippen LogP contribution in [0.5, 0.6) is 0 Å². The highest BCUT2D eigenvalue weighted by molar-refractivity contribution is 7.98. The van der Waals surface area contributed by atoms with Gasteiger partial charge in [0.1, 0.15) is 11.0 Å². The summed E-state index contributed by atoms with van der Waals surface area (Å²) in [5.74, 6) is 1.28. The van der Waals surface area contributed by atoms with Crippen LogP contribution in [-0.4, -0.2) is 49.2 Å². The lowest BCUT2D eigenvalue weighted by molar-refractivity contribution is 0.0937. The molecule has 2 aromatic rings. The van der Waals surface area contributed by atoms with Crippen molar-refractivity contribution in [1.29, 1.82) is 0 Å². The van der Waals surface area contributed by atoms with Crippen LogP contribution >= 0.6 is 23.4 Å². The average Bonchev–Trinajstić information content (AvgIpc) is 2.72. The van der Waals surface area contributed by atoms with E-state index in [1.807, 2.05) is 17.0 Å². The highest BCUT2D eigenvalue weighted by Crippen LogP contribution is 2.25. The van der Waals surface area contributed by atoms with E-state index in [2.05, 4.69) is 28.4 Å². The third-order valence-corrected chi connectivity index (χ3v) is 4.97. The Kier molecular flexibility index (Phi) is 9.70. The Bertz CT molecular complexity index is 820. The minimum atomic E-state index is -0.117. The van der Waals surface area contributed by atoms with Gasteiger partial charge in [-0.15, -0.1) is 13.2 Å². The van der Waals surface area contributed by atoms with Crippen molar-refractivity contribution in [2.45, 2.75) is 10.9 Å². The van der Waals surface area contributed by atoms with E-state index < -0.39 is 0 Å². The number of benzene rings is 1. The summed E-state index contributed by atoms with van der Waals surface area (Å²) >= 11 is 7.67. The predicted octanol–water partition coefficient (Wildman–Crippen LogP) is 3.98. The van der Waals surface area contributed by atoms with E-state index in [4.69, 9.17) is 16.3 Å². The number of methoxy groups -OCH3 is 1. The standard InChI is InChI=1S/C21H25ClN4O2S/c1-4-11-26(12-5-2)19-14-18(22)24-21(25-19)29-15-16-6-8-17(9-7-16)20(27)23-10-13-28-3/h4-9,14H,1-2,10-13,15H2,3H3,(H,23,27). The van der Waals surface area contributed by atoms with E-state index in [1.54, 1.807) is 37.5 Å². The second kappa shape index (κ2) is 12.3. The molecule has 0 atom stereocenters. The largest absolute Gasteiger partial charge is 0.383 e. The van der Waals surface area contributed by atoms with Crippen LogP contribution < -0.4 is 10.2 Å². The summed E-state index contributed by atoms with van der Waals surface area (Å²) in [6.45, 7) is 9.79. The summed E-state index contributed by atoms with van der Waals surface area (Å²) < 4.78 is 4.93. The van der Waals surface area contributed by atoms with Gasteiger partial charge in [0.05, 0.1) is 6.61 Å². The van der Waals surface area contributed by atoms with E-state index in [1.165, 1.54) is 11.8 Å². The SMILES string of the molecule is C=CCN(CC=C)c1cc(Cl)nc(SCc2ccc(C(=O)NCCOC)cc2)n1. The molecular formula is C21H25ClN4O2S. The number of aromatic nitrogens is 2. The van der Waals surface area contributed by atoms with Gasteiger partial charge in [0.25, 0.3) is 5.91 Å². The van der Waals surface area contributed by atoms with Gasteiger partial charge in [-0.1, -0.05) is 47.6 Å². The minimum absolute atomic E-state index is 0.117. The summed E-state index contributed by atoms with van der Waals surface area (Å²) in [4.78, 5) is 22.9. The van der Waals surface area contributed by atoms with Crippen molar-refractivity contribution in [3.8, 4) is 0 Å². The normalized spacial score (nSPS) is 10.4. The number of hydrogen-bond donors (Lipinski definition) is 1. The molecule has 0 aliphatic carbocycles. The van der Waals surface area contributed by atoms with Crippen LogP contribution in [0.3, 0.4) is 0 Å². The number of anilines is 1. The fourth-order valence-corrected chi connectivity index (χ4v) is 3.49. The van der Waals surface area contributed by atoms with Crippen molar-refractivity contribution < 1.29 is 9.53 Å². The van der Waals surface area contributed by atoms with Crippen molar-refractivity contribution in [2.24, 2.45) is 0 Å². The van der Waals surface area contributed by atoms with Crippen molar-refractivity contribution in [3.63, 3.8) is 0 Å². The first-order valence-corrected chi connectivity index (χ1v) is 10.4. The Morgan fingerprint density at radius 2 is 1.93 bits per heavy atom. The molecular weight excluding hydrogens is 408 g/mol. The van der Waals surface area contributed by atoms with Crippen molar-refractivity contribution in [1.82, 2.24) is 15.3 Å². The molecule has 8 heteroatoms. The van der Waals surface area contributed by atoms with Crippen molar-refractivity contribution in [3.05, 3.63) is 71.9 Å². The van der Waals surface area contributed by atoms with E-state index in [-0.39, 0.29) is 5.91 Å². The lowest BCUT2D eigenvalue weighted by Gasteiger charge is -2.20. The molecule has 0 aliphatic rings. The summed E-state index contributed by atoms with van der Waals surface area (Å²) in [7, 11) is 1.60. The molecule has 0 saturated carbocycles. The summed E-state index contributed by atoms with van der Waals surface area (Å²) in [6, 6.07) is 9.18. The number of amides is 1. The van der Waals surface area contributed by atoms with Crippen LogP contribution in [0.15, 0.2) is 60.8 Å². The van der Waals surface area contributed by atoms with Crippen LogP contribution in [0.25, 0.3) is 0 Å². The van der Waals surface area contributed by atoms with Gasteiger partial charge < -0.3 is 15.0 Å². The third-order valence-electron chi connectivity index (χ3n) is 3.86. The Balaban J connectivity index is 2.01. The number of halogens is 1. The number of hydrogen-bond acceptors (Lipinski definition) is 6. The summed E-state index contributed by atoms with van der Waals surface area (Å²) in [6.07, 6.45) is 3.61. The first kappa shape index (κ1) is 22.9. The smallest absolute Gasteiger partial charge is 0.251 e. The molecule has 0 fully saturated rings. The number of carbonyl (C=O) groups excluding carboxylic acids is 1. The van der Waals surface area contributed by atoms with Gasteiger partial charge in [0.15, 0.2) is 5.16 Å². The molecule has 0 aliphatic heterocycles. The van der Waals surface area contributed by atoms with E-state index in [9.17, 15) is 4.79 Å². The monoisotopic (exact) mass is 432 g/mol. The fraction of sp³-hybridized carbons (Fsp3) is 0.286. The molecule has 6 nitrogen and oxygen atoms in total. The highest BCUT2D eigenvalue weighted by Gasteiger charge is 2.10. The maximum absolute atomic E-state index is 12.0. The Morgan fingerprint density at radius 1 is 1.24 bits per heavy atom. The van der Waals surface area contributed by atoms with Gasteiger partial charge in [-0.3, -0.25) is 4.79 Å². The number of thioether (sulfide) groups is 1. The van der Waals surface area contributed by atoms with Crippen LogP contribution in [0.2, 0.25) is 5.15 Å². The van der Waals surface area contributed by atoms with Crippen LogP contribution in [0.1, 0.15) is 15.9 Å². The second-order valence-corrected chi connectivity index (χ2v) is 7.38. The topological polar surface area (TPSA) is 67.4 Å². The van der Waals surface area contributed by atoms with Gasteiger partial charge in [-0.05, 0) is 17.7 Å². The first-order valence-electron chi connectivity index (χ1n) is 9.07. The molecule has 154 valence electrons. The third kappa shape index (κ3) is 7.53. The summed E-state index contributed by atoms with van der Waals surface area (Å²) in [5, 5.41) is 3.78. The first-order chi connectivity index (χ1) is 14.1. The molecule has 1 N–H and O–H groups in total. The molecule has 2 rings (SSSR count). The number of carbonyl (C=O) groups is 1. The molecule has 0 bridgehead atoms. The Morgan fingerprint density at radius 3 is 2.55 bits per heavy atom. The zero-order chi connectivity index (χ0) is 21.1.